The minimum atomic E-state index is -5.08. The molecule has 1 saturated heterocycles. The van der Waals surface area contributed by atoms with Crippen LogP contribution in [0.2, 0.25) is 0 Å². The Labute approximate surface area is 182 Å². The number of nitrogens with zero attached hydrogens (tertiary/aromatic N) is 3. The van der Waals surface area contributed by atoms with Gasteiger partial charge < -0.3 is 14.6 Å². The Hall–Kier alpha value is -1.95. The molecule has 1 aliphatic heterocycles. The summed E-state index contributed by atoms with van der Waals surface area (Å²) in [5.74, 6) is -2.76. The molecule has 31 heavy (non-hydrogen) atoms. The molecule has 0 spiro atoms. The van der Waals surface area contributed by atoms with E-state index in [4.69, 9.17) is 19.4 Å². The van der Waals surface area contributed by atoms with Crippen LogP contribution in [-0.2, 0) is 27.4 Å². The molecule has 2 aliphatic rings. The lowest BCUT2D eigenvalue weighted by molar-refractivity contribution is -0.192. The second-order valence-corrected chi connectivity index (χ2v) is 8.40. The fraction of sp³-hybridized carbons (Fsp3) is 0.600. The molecule has 0 bridgehead atoms. The summed E-state index contributed by atoms with van der Waals surface area (Å²) in [4.78, 5) is 12.9. The minimum absolute atomic E-state index is 0.239. The van der Waals surface area contributed by atoms with Gasteiger partial charge in [-0.25, -0.2) is 4.79 Å². The summed E-state index contributed by atoms with van der Waals surface area (Å²) in [5, 5.41) is 13.5. The lowest BCUT2D eigenvalue weighted by Crippen LogP contribution is -2.51. The first-order valence-corrected chi connectivity index (χ1v) is 11.0. The summed E-state index contributed by atoms with van der Waals surface area (Å²) in [7, 11) is 0. The van der Waals surface area contributed by atoms with Gasteiger partial charge in [-0.15, -0.1) is 11.3 Å². The van der Waals surface area contributed by atoms with Crippen molar-refractivity contribution in [3.8, 4) is 0 Å². The van der Waals surface area contributed by atoms with Crippen LogP contribution in [-0.4, -0.2) is 69.9 Å². The molecule has 3 heterocycles. The number of carboxylic acid groups (broad SMARTS) is 1. The average molecular weight is 462 g/mol. The van der Waals surface area contributed by atoms with E-state index in [0.717, 1.165) is 45.7 Å². The third-order valence-electron chi connectivity index (χ3n) is 5.25. The molecule has 172 valence electrons. The van der Waals surface area contributed by atoms with Gasteiger partial charge in [-0.2, -0.15) is 18.3 Å². The molecule has 7 nitrogen and oxygen atoms in total. The SMILES string of the molecule is O=C(O)C(F)(F)F.c1csc(CN2CCO[C@H]3[C@H](OCCCn4cccn4)CC[C@@H]32)c1. The third-order valence-corrected chi connectivity index (χ3v) is 6.12. The predicted octanol–water partition coefficient (Wildman–Crippen LogP) is 3.42. The number of hydrogen-bond acceptors (Lipinski definition) is 6. The van der Waals surface area contributed by atoms with Gasteiger partial charge in [0.1, 0.15) is 0 Å². The molecular weight excluding hydrogens is 435 g/mol. The molecule has 4 rings (SSSR count). The monoisotopic (exact) mass is 461 g/mol. The third kappa shape index (κ3) is 7.03. The zero-order valence-electron chi connectivity index (χ0n) is 16.9. The summed E-state index contributed by atoms with van der Waals surface area (Å²) in [6.07, 6.45) is 2.51. The minimum Gasteiger partial charge on any atom is -0.475 e. The van der Waals surface area contributed by atoms with E-state index in [1.807, 2.05) is 34.5 Å². The summed E-state index contributed by atoms with van der Waals surface area (Å²) in [6, 6.07) is 6.84. The highest BCUT2D eigenvalue weighted by Crippen LogP contribution is 2.33. The number of carboxylic acids is 1. The molecule has 1 N–H and O–H groups in total. The van der Waals surface area contributed by atoms with Crippen LogP contribution in [0.3, 0.4) is 0 Å². The zero-order valence-corrected chi connectivity index (χ0v) is 17.7. The molecular formula is C20H26F3N3O4S. The number of morpholine rings is 1. The topological polar surface area (TPSA) is 76.8 Å². The fourth-order valence-corrected chi connectivity index (χ4v) is 4.59. The number of alkyl halides is 3. The number of carbonyl (C=O) groups is 1. The molecule has 2 aromatic heterocycles. The van der Waals surface area contributed by atoms with E-state index >= 15 is 0 Å². The summed E-state index contributed by atoms with van der Waals surface area (Å²) >= 11 is 1.85. The first-order chi connectivity index (χ1) is 14.8. The van der Waals surface area contributed by atoms with Crippen LogP contribution in [0.5, 0.6) is 0 Å². The van der Waals surface area contributed by atoms with Crippen LogP contribution in [0.15, 0.2) is 36.0 Å². The van der Waals surface area contributed by atoms with Crippen LogP contribution in [0.4, 0.5) is 13.2 Å². The van der Waals surface area contributed by atoms with E-state index in [9.17, 15) is 13.2 Å². The standard InChI is InChI=1S/C18H25N3O2S.C2HF3O2/c1-4-15(24-13-1)14-20-10-12-23-18-16(20)5-6-17(18)22-11-3-9-21-8-2-7-19-21;3-2(4,5)1(6)7/h1-2,4,7-8,13,16-18H,3,5-6,9-12,14H2;(H,6,7)/t16-,17+,18+;/m0./s1. The predicted molar refractivity (Wildman–Crippen MR) is 108 cm³/mol. The van der Waals surface area contributed by atoms with Gasteiger partial charge in [-0.1, -0.05) is 6.07 Å². The molecule has 1 saturated carbocycles. The second-order valence-electron chi connectivity index (χ2n) is 7.36. The first kappa shape index (κ1) is 23.7. The smallest absolute Gasteiger partial charge is 0.475 e. The van der Waals surface area contributed by atoms with Crippen molar-refractivity contribution in [1.82, 2.24) is 14.7 Å². The number of fused-ring (bicyclic) bond motifs is 1. The maximum absolute atomic E-state index is 10.6. The lowest BCUT2D eigenvalue weighted by atomic mass is 10.1. The van der Waals surface area contributed by atoms with Gasteiger partial charge in [0.25, 0.3) is 0 Å². The number of ether oxygens (including phenoxy) is 2. The quantitative estimate of drug-likeness (QED) is 0.637. The lowest BCUT2D eigenvalue weighted by Gasteiger charge is -2.38. The van der Waals surface area contributed by atoms with E-state index in [0.29, 0.717) is 6.04 Å². The van der Waals surface area contributed by atoms with Gasteiger partial charge in [-0.05, 0) is 36.8 Å². The summed E-state index contributed by atoms with van der Waals surface area (Å²) in [6.45, 7) is 4.60. The maximum Gasteiger partial charge on any atom is 0.490 e. The highest BCUT2D eigenvalue weighted by atomic mass is 32.1. The normalized spacial score (nSPS) is 23.8. The van der Waals surface area contributed by atoms with Crippen LogP contribution >= 0.6 is 11.3 Å². The molecule has 0 amide bonds. The number of hydrogen-bond donors (Lipinski definition) is 1. The van der Waals surface area contributed by atoms with Crippen molar-refractivity contribution in [2.45, 2.75) is 56.8 Å². The van der Waals surface area contributed by atoms with Crippen LogP contribution < -0.4 is 0 Å². The first-order valence-electron chi connectivity index (χ1n) is 10.1. The van der Waals surface area contributed by atoms with Gasteiger partial charge >= 0.3 is 12.1 Å². The van der Waals surface area contributed by atoms with Crippen LogP contribution in [0, 0.1) is 0 Å². The van der Waals surface area contributed by atoms with Crippen molar-refractivity contribution >= 4 is 17.3 Å². The van der Waals surface area contributed by atoms with E-state index in [1.54, 1.807) is 0 Å². The van der Waals surface area contributed by atoms with E-state index in [2.05, 4.69) is 27.5 Å². The van der Waals surface area contributed by atoms with Gasteiger partial charge in [0.15, 0.2) is 0 Å². The highest BCUT2D eigenvalue weighted by molar-refractivity contribution is 7.09. The molecule has 0 radical (unpaired) electrons. The molecule has 0 aromatic carbocycles. The van der Waals surface area contributed by atoms with Crippen LogP contribution in [0.25, 0.3) is 0 Å². The summed E-state index contributed by atoms with van der Waals surface area (Å²) < 4.78 is 45.9. The van der Waals surface area contributed by atoms with Gasteiger partial charge in [0.05, 0.1) is 18.8 Å². The largest absolute Gasteiger partial charge is 0.490 e. The summed E-state index contributed by atoms with van der Waals surface area (Å²) in [5.41, 5.74) is 0. The Morgan fingerprint density at radius 3 is 2.81 bits per heavy atom. The van der Waals surface area contributed by atoms with Crippen molar-refractivity contribution in [1.29, 1.82) is 0 Å². The van der Waals surface area contributed by atoms with Crippen molar-refractivity contribution in [2.24, 2.45) is 0 Å². The molecule has 2 fully saturated rings. The van der Waals surface area contributed by atoms with Gasteiger partial charge in [-0.3, -0.25) is 9.58 Å². The molecule has 2 aromatic rings. The molecule has 3 atom stereocenters. The Balaban J connectivity index is 0.000000339. The molecule has 0 unspecified atom stereocenters. The Morgan fingerprint density at radius 1 is 1.35 bits per heavy atom. The Kier molecular flexibility index (Phi) is 8.47. The maximum atomic E-state index is 10.6. The zero-order chi connectivity index (χ0) is 22.3. The average Bonchev–Trinajstić information content (AvgIpc) is 3.48. The van der Waals surface area contributed by atoms with Crippen molar-refractivity contribution in [2.75, 3.05) is 19.8 Å². The van der Waals surface area contributed by atoms with Crippen molar-refractivity contribution < 1.29 is 32.5 Å². The second kappa shape index (κ2) is 11.1. The Bertz CT molecular complexity index is 786. The van der Waals surface area contributed by atoms with Gasteiger partial charge in [0.2, 0.25) is 0 Å². The number of rotatable bonds is 7. The number of thiophene rings is 1. The van der Waals surface area contributed by atoms with Crippen molar-refractivity contribution in [3.63, 3.8) is 0 Å². The fourth-order valence-electron chi connectivity index (χ4n) is 3.86. The highest BCUT2D eigenvalue weighted by Gasteiger charge is 2.43. The van der Waals surface area contributed by atoms with E-state index < -0.39 is 12.1 Å². The van der Waals surface area contributed by atoms with Crippen molar-refractivity contribution in [3.05, 3.63) is 40.8 Å². The number of aryl methyl sites for hydroxylation is 1. The molecule has 11 heteroatoms. The number of halogens is 3. The van der Waals surface area contributed by atoms with Crippen LogP contribution in [0.1, 0.15) is 24.1 Å². The molecule has 1 aliphatic carbocycles. The Morgan fingerprint density at radius 2 is 2.16 bits per heavy atom. The number of aromatic nitrogens is 2. The van der Waals surface area contributed by atoms with E-state index in [1.165, 1.54) is 11.3 Å². The van der Waals surface area contributed by atoms with E-state index in [-0.39, 0.29) is 12.2 Å². The van der Waals surface area contributed by atoms with Gasteiger partial charge in [0, 0.05) is 49.6 Å². The number of aliphatic carboxylic acids is 1.